The lowest BCUT2D eigenvalue weighted by molar-refractivity contribution is -0.129. The summed E-state index contributed by atoms with van der Waals surface area (Å²) >= 11 is 1.58. The third kappa shape index (κ3) is 3.33. The third-order valence-corrected chi connectivity index (χ3v) is 6.29. The lowest BCUT2D eigenvalue weighted by Gasteiger charge is -2.42. The molecule has 0 spiro atoms. The lowest BCUT2D eigenvalue weighted by atomic mass is 9.86. The van der Waals surface area contributed by atoms with Crippen LogP contribution in [0.4, 0.5) is 5.69 Å². The fourth-order valence-electron chi connectivity index (χ4n) is 3.63. The summed E-state index contributed by atoms with van der Waals surface area (Å²) in [7, 11) is 0. The standard InChI is InChI=1S/C22H21N3OS/c1-15-6-8-17(9-7-15)19-11-21(26)25-13-24(14-27-22(25)20(19)12-23)18-5-3-4-16(2)10-18/h3-10,19H,11,13-14H2,1-2H3/t19-/m1/s1. The number of allylic oxidation sites excluding steroid dienone is 1. The number of fused-ring (bicyclic) bond motifs is 1. The van der Waals surface area contributed by atoms with Gasteiger partial charge in [0.05, 0.1) is 29.2 Å². The molecule has 27 heavy (non-hydrogen) atoms. The van der Waals surface area contributed by atoms with Crippen LogP contribution >= 0.6 is 11.8 Å². The van der Waals surface area contributed by atoms with Crippen LogP contribution in [0.2, 0.25) is 0 Å². The molecule has 0 radical (unpaired) electrons. The minimum Gasteiger partial charge on any atom is -0.344 e. The first-order valence-corrected chi connectivity index (χ1v) is 10.0. The highest BCUT2D eigenvalue weighted by Gasteiger charge is 2.38. The summed E-state index contributed by atoms with van der Waals surface area (Å²) < 4.78 is 0. The number of hydrogen-bond donors (Lipinski definition) is 0. The Balaban J connectivity index is 1.66. The van der Waals surface area contributed by atoms with Gasteiger partial charge in [-0.1, -0.05) is 53.7 Å². The zero-order chi connectivity index (χ0) is 19.0. The number of carbonyl (C=O) groups excluding carboxylic acids is 1. The average Bonchev–Trinajstić information content (AvgIpc) is 2.68. The van der Waals surface area contributed by atoms with Crippen molar-refractivity contribution >= 4 is 23.4 Å². The molecule has 1 amide bonds. The summed E-state index contributed by atoms with van der Waals surface area (Å²) in [5.41, 5.74) is 5.23. The van der Waals surface area contributed by atoms with Gasteiger partial charge in [0.1, 0.15) is 0 Å². The van der Waals surface area contributed by atoms with Crippen molar-refractivity contribution in [1.82, 2.24) is 4.90 Å². The number of nitrogens with zero attached hydrogens (tertiary/aromatic N) is 3. The van der Waals surface area contributed by atoms with E-state index < -0.39 is 0 Å². The maximum absolute atomic E-state index is 12.9. The van der Waals surface area contributed by atoms with Gasteiger partial charge in [-0.15, -0.1) is 0 Å². The fourth-order valence-corrected chi connectivity index (χ4v) is 4.80. The first-order chi connectivity index (χ1) is 13.1. The molecular formula is C22H21N3OS. The molecule has 0 N–H and O–H groups in total. The number of hydrogen-bond acceptors (Lipinski definition) is 4. The van der Waals surface area contributed by atoms with Crippen LogP contribution in [-0.2, 0) is 4.79 Å². The molecule has 0 aromatic heterocycles. The van der Waals surface area contributed by atoms with E-state index in [0.717, 1.165) is 22.2 Å². The molecule has 0 bridgehead atoms. The Hall–Kier alpha value is -2.71. The Morgan fingerprint density at radius 1 is 1.11 bits per heavy atom. The van der Waals surface area contributed by atoms with Crippen molar-refractivity contribution in [3.8, 4) is 6.07 Å². The zero-order valence-electron chi connectivity index (χ0n) is 15.5. The van der Waals surface area contributed by atoms with Gasteiger partial charge >= 0.3 is 0 Å². The van der Waals surface area contributed by atoms with Crippen LogP contribution in [0.15, 0.2) is 59.1 Å². The van der Waals surface area contributed by atoms with Crippen LogP contribution in [0, 0.1) is 25.2 Å². The molecule has 4 rings (SSSR count). The average molecular weight is 375 g/mol. The Labute approximate surface area is 164 Å². The second-order valence-electron chi connectivity index (χ2n) is 7.11. The predicted molar refractivity (Wildman–Crippen MR) is 109 cm³/mol. The molecule has 5 heteroatoms. The Kier molecular flexibility index (Phi) is 4.67. The molecule has 2 heterocycles. The minimum absolute atomic E-state index is 0.0828. The van der Waals surface area contributed by atoms with Crippen molar-refractivity contribution in [2.45, 2.75) is 26.2 Å². The number of anilines is 1. The molecule has 1 saturated heterocycles. The third-order valence-electron chi connectivity index (χ3n) is 5.14. The van der Waals surface area contributed by atoms with Crippen molar-refractivity contribution in [2.75, 3.05) is 17.4 Å². The number of aryl methyl sites for hydroxylation is 2. The van der Waals surface area contributed by atoms with Crippen LogP contribution < -0.4 is 4.90 Å². The number of carbonyl (C=O) groups is 1. The number of amides is 1. The molecule has 0 saturated carbocycles. The summed E-state index contributed by atoms with van der Waals surface area (Å²) in [6, 6.07) is 18.8. The molecule has 1 atom stereocenters. The van der Waals surface area contributed by atoms with Gasteiger partial charge in [-0.05, 0) is 37.1 Å². The molecule has 0 unspecified atom stereocenters. The minimum atomic E-state index is -0.146. The van der Waals surface area contributed by atoms with Gasteiger partial charge in [0.25, 0.3) is 0 Å². The summed E-state index contributed by atoms with van der Waals surface area (Å²) in [5.74, 6) is 0.667. The fraction of sp³-hybridized carbons (Fsp3) is 0.273. The predicted octanol–water partition coefficient (Wildman–Crippen LogP) is 4.52. The number of nitriles is 1. The van der Waals surface area contributed by atoms with Crippen LogP contribution in [0.3, 0.4) is 0 Å². The largest absolute Gasteiger partial charge is 0.344 e. The van der Waals surface area contributed by atoms with Crippen LogP contribution in [-0.4, -0.2) is 23.4 Å². The molecular weight excluding hydrogens is 354 g/mol. The summed E-state index contributed by atoms with van der Waals surface area (Å²) in [5, 5.41) is 10.7. The second-order valence-corrected chi connectivity index (χ2v) is 8.05. The van der Waals surface area contributed by atoms with Gasteiger partial charge in [-0.25, -0.2) is 0 Å². The first kappa shape index (κ1) is 17.7. The van der Waals surface area contributed by atoms with Crippen molar-refractivity contribution in [3.05, 3.63) is 75.8 Å². The van der Waals surface area contributed by atoms with E-state index in [4.69, 9.17) is 0 Å². The molecule has 4 nitrogen and oxygen atoms in total. The van der Waals surface area contributed by atoms with Crippen LogP contribution in [0.1, 0.15) is 29.0 Å². The lowest BCUT2D eigenvalue weighted by Crippen LogP contribution is -2.47. The SMILES string of the molecule is Cc1ccc([C@H]2CC(=O)N3CN(c4cccc(C)c4)CSC3=C2C#N)cc1. The van der Waals surface area contributed by atoms with E-state index in [0.29, 0.717) is 18.7 Å². The molecule has 136 valence electrons. The van der Waals surface area contributed by atoms with E-state index in [2.05, 4.69) is 36.1 Å². The van der Waals surface area contributed by atoms with Crippen LogP contribution in [0.25, 0.3) is 0 Å². The summed E-state index contributed by atoms with van der Waals surface area (Å²) in [4.78, 5) is 16.9. The van der Waals surface area contributed by atoms with Crippen molar-refractivity contribution < 1.29 is 4.79 Å². The van der Waals surface area contributed by atoms with Gasteiger partial charge in [0.2, 0.25) is 5.91 Å². The molecule has 2 aliphatic heterocycles. The van der Waals surface area contributed by atoms with Gasteiger partial charge in [-0.3, -0.25) is 9.69 Å². The molecule has 1 fully saturated rings. The van der Waals surface area contributed by atoms with Gasteiger partial charge in [0, 0.05) is 18.0 Å². The molecule has 0 aliphatic carbocycles. The zero-order valence-corrected chi connectivity index (χ0v) is 16.3. The van der Waals surface area contributed by atoms with E-state index in [1.165, 1.54) is 11.1 Å². The highest BCUT2D eigenvalue weighted by molar-refractivity contribution is 8.03. The van der Waals surface area contributed by atoms with Gasteiger partial charge < -0.3 is 4.90 Å². The summed E-state index contributed by atoms with van der Waals surface area (Å²) in [6.45, 7) is 4.60. The van der Waals surface area contributed by atoms with E-state index in [1.807, 2.05) is 37.3 Å². The van der Waals surface area contributed by atoms with Gasteiger partial charge in [0.15, 0.2) is 0 Å². The van der Waals surface area contributed by atoms with E-state index in [9.17, 15) is 10.1 Å². The van der Waals surface area contributed by atoms with Crippen molar-refractivity contribution in [3.63, 3.8) is 0 Å². The Bertz CT molecular complexity index is 958. The second kappa shape index (κ2) is 7.13. The number of benzene rings is 2. The Morgan fingerprint density at radius 2 is 1.89 bits per heavy atom. The maximum Gasteiger partial charge on any atom is 0.229 e. The molecule has 2 aromatic carbocycles. The molecule has 2 aromatic rings. The smallest absolute Gasteiger partial charge is 0.229 e. The maximum atomic E-state index is 12.9. The molecule has 2 aliphatic rings. The van der Waals surface area contributed by atoms with Crippen molar-refractivity contribution in [2.24, 2.45) is 0 Å². The number of thioether (sulfide) groups is 1. The topological polar surface area (TPSA) is 47.3 Å². The first-order valence-electron chi connectivity index (χ1n) is 9.02. The number of rotatable bonds is 2. The highest BCUT2D eigenvalue weighted by atomic mass is 32.2. The van der Waals surface area contributed by atoms with E-state index in [1.54, 1.807) is 16.7 Å². The quantitative estimate of drug-likeness (QED) is 0.774. The monoisotopic (exact) mass is 375 g/mol. The normalized spacial score (nSPS) is 19.7. The van der Waals surface area contributed by atoms with E-state index in [-0.39, 0.29) is 11.8 Å². The van der Waals surface area contributed by atoms with E-state index >= 15 is 0 Å². The Morgan fingerprint density at radius 3 is 2.59 bits per heavy atom. The van der Waals surface area contributed by atoms with Crippen LogP contribution in [0.5, 0.6) is 0 Å². The highest BCUT2D eigenvalue weighted by Crippen LogP contribution is 2.43. The van der Waals surface area contributed by atoms with Gasteiger partial charge in [-0.2, -0.15) is 5.26 Å². The van der Waals surface area contributed by atoms with Crippen molar-refractivity contribution in [1.29, 1.82) is 5.26 Å². The summed E-state index contributed by atoms with van der Waals surface area (Å²) in [6.07, 6.45) is 0.345.